The maximum Gasteiger partial charge on any atom is 0.167 e. The van der Waals surface area contributed by atoms with Crippen LogP contribution in [0.15, 0.2) is 84.9 Å². The van der Waals surface area contributed by atoms with Crippen LogP contribution in [-0.4, -0.2) is 31.7 Å². The summed E-state index contributed by atoms with van der Waals surface area (Å²) >= 11 is 0. The molecule has 3 aromatic carbocycles. The molecule has 3 atom stereocenters. The van der Waals surface area contributed by atoms with E-state index in [2.05, 4.69) is 0 Å². The van der Waals surface area contributed by atoms with Crippen molar-refractivity contribution < 1.29 is 23.7 Å². The molecule has 166 valence electrons. The fraction of sp³-hybridized carbons (Fsp3) is 0.296. The van der Waals surface area contributed by atoms with Gasteiger partial charge in [0.05, 0.1) is 33.0 Å². The molecule has 0 radical (unpaired) electrons. The molecular weight excluding hydrogens is 404 g/mol. The lowest BCUT2D eigenvalue weighted by molar-refractivity contribution is -0.179. The Kier molecular flexibility index (Phi) is 7.67. The molecule has 0 amide bonds. The van der Waals surface area contributed by atoms with Crippen LogP contribution in [-0.2, 0) is 32.2 Å². The van der Waals surface area contributed by atoms with Crippen LogP contribution in [0.2, 0.25) is 0 Å². The minimum absolute atomic E-state index is 0.0290. The molecule has 32 heavy (non-hydrogen) atoms. The highest BCUT2D eigenvalue weighted by Crippen LogP contribution is 2.32. The van der Waals surface area contributed by atoms with Crippen LogP contribution in [0.25, 0.3) is 0 Å². The number of hydrogen-bond donors (Lipinski definition) is 0. The molecule has 0 aliphatic carbocycles. The van der Waals surface area contributed by atoms with E-state index >= 15 is 0 Å². The lowest BCUT2D eigenvalue weighted by Crippen LogP contribution is -2.46. The van der Waals surface area contributed by atoms with Gasteiger partial charge in [0.15, 0.2) is 5.78 Å². The normalized spacial score (nSPS) is 20.8. The number of ether oxygens (including phenoxy) is 4. The third kappa shape index (κ3) is 5.82. The number of hydrogen-bond acceptors (Lipinski definition) is 5. The van der Waals surface area contributed by atoms with Gasteiger partial charge in [-0.15, -0.1) is 0 Å². The van der Waals surface area contributed by atoms with Gasteiger partial charge in [-0.2, -0.15) is 0 Å². The van der Waals surface area contributed by atoms with Gasteiger partial charge in [0, 0.05) is 6.42 Å². The molecule has 3 aromatic rings. The van der Waals surface area contributed by atoms with Gasteiger partial charge in [-0.05, 0) is 28.8 Å². The van der Waals surface area contributed by atoms with E-state index in [4.69, 9.17) is 18.9 Å². The fourth-order valence-corrected chi connectivity index (χ4v) is 3.81. The Morgan fingerprint density at radius 2 is 1.47 bits per heavy atom. The van der Waals surface area contributed by atoms with Crippen molar-refractivity contribution in [2.24, 2.45) is 0 Å². The first-order valence-electron chi connectivity index (χ1n) is 10.8. The average molecular weight is 433 g/mol. The summed E-state index contributed by atoms with van der Waals surface area (Å²) in [5.41, 5.74) is 3.03. The Balaban J connectivity index is 1.45. The van der Waals surface area contributed by atoms with Crippen molar-refractivity contribution in [2.45, 2.75) is 37.9 Å². The topological polar surface area (TPSA) is 54.0 Å². The summed E-state index contributed by atoms with van der Waals surface area (Å²) in [7, 11) is 1.63. The smallest absolute Gasteiger partial charge is 0.167 e. The third-order valence-corrected chi connectivity index (χ3v) is 5.53. The van der Waals surface area contributed by atoms with Crippen molar-refractivity contribution in [2.75, 3.05) is 13.7 Å². The number of rotatable bonds is 9. The van der Waals surface area contributed by atoms with Crippen molar-refractivity contribution >= 4 is 5.78 Å². The second kappa shape index (κ2) is 11.0. The maximum absolute atomic E-state index is 13.1. The molecule has 0 aromatic heterocycles. The molecular formula is C27H28O5. The summed E-state index contributed by atoms with van der Waals surface area (Å²) in [6.45, 7) is 1.07. The number of Topliss-reactive ketones (excluding diaryl/α,β-unsaturated/α-hetero) is 1. The number of carbonyl (C=O) groups excluding carboxylic acids is 1. The van der Waals surface area contributed by atoms with Gasteiger partial charge in [-0.1, -0.05) is 72.8 Å². The Hall–Kier alpha value is -2.99. The van der Waals surface area contributed by atoms with Crippen LogP contribution >= 0.6 is 0 Å². The first kappa shape index (κ1) is 22.2. The molecule has 5 nitrogen and oxygen atoms in total. The zero-order valence-corrected chi connectivity index (χ0v) is 18.2. The zero-order chi connectivity index (χ0) is 22.2. The summed E-state index contributed by atoms with van der Waals surface area (Å²) in [4.78, 5) is 13.1. The number of ketones is 1. The van der Waals surface area contributed by atoms with Gasteiger partial charge in [0.25, 0.3) is 0 Å². The van der Waals surface area contributed by atoms with Crippen molar-refractivity contribution in [3.8, 4) is 5.75 Å². The highest BCUT2D eigenvalue weighted by molar-refractivity contribution is 5.85. The predicted molar refractivity (Wildman–Crippen MR) is 121 cm³/mol. The molecule has 0 N–H and O–H groups in total. The zero-order valence-electron chi connectivity index (χ0n) is 18.2. The lowest BCUT2D eigenvalue weighted by atomic mass is 9.95. The summed E-state index contributed by atoms with van der Waals surface area (Å²) < 4.78 is 23.6. The summed E-state index contributed by atoms with van der Waals surface area (Å²) in [5.74, 6) is 0.795. The van der Waals surface area contributed by atoms with E-state index in [1.54, 1.807) is 7.11 Å². The minimum atomic E-state index is -0.666. The fourth-order valence-electron chi connectivity index (χ4n) is 3.81. The Bertz CT molecular complexity index is 972. The quantitative estimate of drug-likeness (QED) is 0.482. The van der Waals surface area contributed by atoms with E-state index in [1.165, 1.54) is 0 Å². The molecule has 0 bridgehead atoms. The highest BCUT2D eigenvalue weighted by atomic mass is 16.6. The van der Waals surface area contributed by atoms with Crippen molar-refractivity contribution in [3.63, 3.8) is 0 Å². The molecule has 0 unspecified atom stereocenters. The van der Waals surface area contributed by atoms with Crippen LogP contribution in [0.5, 0.6) is 5.75 Å². The second-order valence-corrected chi connectivity index (χ2v) is 7.82. The van der Waals surface area contributed by atoms with Crippen molar-refractivity contribution in [3.05, 3.63) is 102 Å². The monoisotopic (exact) mass is 432 g/mol. The molecule has 1 fully saturated rings. The average Bonchev–Trinajstić information content (AvgIpc) is 2.85. The predicted octanol–water partition coefficient (Wildman–Crippen LogP) is 4.90. The van der Waals surface area contributed by atoms with Gasteiger partial charge in [-0.3, -0.25) is 4.79 Å². The van der Waals surface area contributed by atoms with Gasteiger partial charge in [-0.25, -0.2) is 0 Å². The third-order valence-electron chi connectivity index (χ3n) is 5.53. The first-order valence-corrected chi connectivity index (χ1v) is 10.8. The van der Waals surface area contributed by atoms with Gasteiger partial charge >= 0.3 is 0 Å². The van der Waals surface area contributed by atoms with Gasteiger partial charge < -0.3 is 18.9 Å². The van der Waals surface area contributed by atoms with Gasteiger partial charge in [0.2, 0.25) is 0 Å². The number of carbonyl (C=O) groups is 1. The summed E-state index contributed by atoms with van der Waals surface area (Å²) in [5, 5.41) is 0. The maximum atomic E-state index is 13.1. The van der Waals surface area contributed by atoms with E-state index in [0.29, 0.717) is 13.2 Å². The van der Waals surface area contributed by atoms with E-state index in [-0.39, 0.29) is 24.9 Å². The molecule has 1 heterocycles. The van der Waals surface area contributed by atoms with E-state index in [9.17, 15) is 4.79 Å². The number of benzene rings is 3. The lowest BCUT2D eigenvalue weighted by Gasteiger charge is -2.35. The van der Waals surface area contributed by atoms with Gasteiger partial charge in [0.1, 0.15) is 18.0 Å². The summed E-state index contributed by atoms with van der Waals surface area (Å²) in [6.07, 6.45) is -1.23. The van der Waals surface area contributed by atoms with Crippen LogP contribution < -0.4 is 4.74 Å². The highest BCUT2D eigenvalue weighted by Gasteiger charge is 2.39. The van der Waals surface area contributed by atoms with Crippen LogP contribution in [0.3, 0.4) is 0 Å². The SMILES string of the molecule is COc1ccc([C@@H]2CC(=O)[C@@H](OCc3ccccc3)[C@@H](COCc3ccccc3)O2)cc1. The molecule has 4 rings (SSSR count). The Morgan fingerprint density at radius 3 is 2.09 bits per heavy atom. The largest absolute Gasteiger partial charge is 0.497 e. The van der Waals surface area contributed by atoms with Crippen molar-refractivity contribution in [1.82, 2.24) is 0 Å². The van der Waals surface area contributed by atoms with E-state index in [1.807, 2.05) is 84.9 Å². The molecule has 1 saturated heterocycles. The molecule has 5 heteroatoms. The minimum Gasteiger partial charge on any atom is -0.497 e. The molecule has 0 saturated carbocycles. The molecule has 1 aliphatic heterocycles. The van der Waals surface area contributed by atoms with E-state index < -0.39 is 12.2 Å². The first-order chi connectivity index (χ1) is 15.7. The summed E-state index contributed by atoms with van der Waals surface area (Å²) in [6, 6.07) is 27.4. The standard InChI is InChI=1S/C27H28O5/c1-29-23-14-12-22(13-15-23)25-16-24(28)27(31-18-21-10-6-3-7-11-21)26(32-25)19-30-17-20-8-4-2-5-9-20/h2-15,25-27H,16-19H2,1H3/t25-,26+,27+/m0/s1. The molecule has 1 aliphatic rings. The van der Waals surface area contributed by atoms with Crippen LogP contribution in [0.1, 0.15) is 29.2 Å². The van der Waals surface area contributed by atoms with E-state index in [0.717, 1.165) is 22.4 Å². The number of methoxy groups -OCH3 is 1. The Morgan fingerprint density at radius 1 is 0.844 bits per heavy atom. The van der Waals surface area contributed by atoms with Crippen LogP contribution in [0.4, 0.5) is 0 Å². The second-order valence-electron chi connectivity index (χ2n) is 7.82. The Labute approximate surface area is 188 Å². The van der Waals surface area contributed by atoms with Crippen molar-refractivity contribution in [1.29, 1.82) is 0 Å². The van der Waals surface area contributed by atoms with Crippen LogP contribution in [0, 0.1) is 0 Å². The molecule has 0 spiro atoms.